The molecule has 2 rings (SSSR count). The molecule has 0 aliphatic heterocycles. The molecule has 0 aliphatic carbocycles. The molecule has 0 aliphatic rings. The summed E-state index contributed by atoms with van der Waals surface area (Å²) in [6, 6.07) is 1.63. The second-order valence-corrected chi connectivity index (χ2v) is 3.53. The molecule has 0 saturated carbocycles. The van der Waals surface area contributed by atoms with Gasteiger partial charge in [0.2, 0.25) is 17.7 Å². The first-order valence-electron chi connectivity index (χ1n) is 5.50. The third-order valence-corrected chi connectivity index (χ3v) is 2.33. The Morgan fingerprint density at radius 3 is 2.50 bits per heavy atom. The number of hydrogen-bond donors (Lipinski definition) is 2. The maximum absolute atomic E-state index is 5.06. The number of nitrogens with zero attached hydrogens (tertiary/aromatic N) is 3. The number of aromatic amines is 1. The van der Waals surface area contributed by atoms with Crippen molar-refractivity contribution in [1.82, 2.24) is 19.9 Å². The number of hydrogen-bond acceptors (Lipinski definition) is 6. The van der Waals surface area contributed by atoms with E-state index in [0.29, 0.717) is 24.3 Å². The Hall–Kier alpha value is -2.31. The van der Waals surface area contributed by atoms with Gasteiger partial charge in [-0.2, -0.15) is 9.97 Å². The van der Waals surface area contributed by atoms with Gasteiger partial charge in [-0.3, -0.25) is 0 Å². The molecule has 0 fully saturated rings. The Kier molecular flexibility index (Phi) is 3.95. The number of H-pyrrole nitrogens is 1. The van der Waals surface area contributed by atoms with E-state index < -0.39 is 0 Å². The number of anilines is 1. The van der Waals surface area contributed by atoms with Crippen molar-refractivity contribution in [2.45, 2.75) is 6.42 Å². The van der Waals surface area contributed by atoms with Crippen molar-refractivity contribution in [2.75, 3.05) is 26.1 Å². The van der Waals surface area contributed by atoms with Gasteiger partial charge < -0.3 is 19.8 Å². The van der Waals surface area contributed by atoms with Gasteiger partial charge in [0.1, 0.15) is 0 Å². The Labute approximate surface area is 105 Å². The zero-order valence-corrected chi connectivity index (χ0v) is 10.3. The minimum Gasteiger partial charge on any atom is -0.481 e. The van der Waals surface area contributed by atoms with Gasteiger partial charge in [0.05, 0.1) is 26.6 Å². The van der Waals surface area contributed by atoms with Gasteiger partial charge in [-0.05, 0) is 0 Å². The molecule has 0 amide bonds. The molecule has 2 N–H and O–H groups in total. The molecule has 0 spiro atoms. The van der Waals surface area contributed by atoms with Gasteiger partial charge in [0.15, 0.2) is 0 Å². The van der Waals surface area contributed by atoms with Crippen LogP contribution in [0.2, 0.25) is 0 Å². The summed E-state index contributed by atoms with van der Waals surface area (Å²) in [6.07, 6.45) is 4.25. The lowest BCUT2D eigenvalue weighted by atomic mass is 10.3. The van der Waals surface area contributed by atoms with Crippen molar-refractivity contribution >= 4 is 5.95 Å². The zero-order valence-electron chi connectivity index (χ0n) is 10.3. The molecule has 2 aromatic heterocycles. The Morgan fingerprint density at radius 2 is 1.94 bits per heavy atom. The highest BCUT2D eigenvalue weighted by atomic mass is 16.5. The average molecular weight is 249 g/mol. The lowest BCUT2D eigenvalue weighted by Crippen LogP contribution is -2.09. The summed E-state index contributed by atoms with van der Waals surface area (Å²) in [4.78, 5) is 15.3. The van der Waals surface area contributed by atoms with Gasteiger partial charge in [-0.1, -0.05) is 0 Å². The molecule has 7 heteroatoms. The molecule has 0 saturated heterocycles. The number of imidazole rings is 1. The SMILES string of the molecule is COc1cc(OC)nc(NCCc2cnc[nH]2)n1. The van der Waals surface area contributed by atoms with Crippen LogP contribution >= 0.6 is 0 Å². The van der Waals surface area contributed by atoms with Crippen molar-refractivity contribution in [2.24, 2.45) is 0 Å². The van der Waals surface area contributed by atoms with Crippen molar-refractivity contribution in [3.05, 3.63) is 24.3 Å². The van der Waals surface area contributed by atoms with Gasteiger partial charge in [-0.15, -0.1) is 0 Å². The van der Waals surface area contributed by atoms with Crippen molar-refractivity contribution < 1.29 is 9.47 Å². The monoisotopic (exact) mass is 249 g/mol. The van der Waals surface area contributed by atoms with Crippen LogP contribution in [0.4, 0.5) is 5.95 Å². The van der Waals surface area contributed by atoms with Crippen LogP contribution in [-0.4, -0.2) is 40.7 Å². The molecular formula is C11H15N5O2. The fourth-order valence-electron chi connectivity index (χ4n) is 1.42. The van der Waals surface area contributed by atoms with E-state index in [9.17, 15) is 0 Å². The maximum Gasteiger partial charge on any atom is 0.229 e. The van der Waals surface area contributed by atoms with Crippen molar-refractivity contribution in [1.29, 1.82) is 0 Å². The summed E-state index contributed by atoms with van der Waals surface area (Å²) in [5.74, 6) is 1.41. The van der Waals surface area contributed by atoms with E-state index in [1.165, 1.54) is 0 Å². The van der Waals surface area contributed by atoms with E-state index >= 15 is 0 Å². The van der Waals surface area contributed by atoms with Crippen molar-refractivity contribution in [3.63, 3.8) is 0 Å². The van der Waals surface area contributed by atoms with Crippen LogP contribution in [0.3, 0.4) is 0 Å². The highest BCUT2D eigenvalue weighted by Crippen LogP contribution is 2.17. The minimum absolute atomic E-state index is 0.464. The Balaban J connectivity index is 1.95. The summed E-state index contributed by atoms with van der Waals surface area (Å²) in [6.45, 7) is 0.693. The van der Waals surface area contributed by atoms with Gasteiger partial charge >= 0.3 is 0 Å². The van der Waals surface area contributed by atoms with Crippen LogP contribution in [0.15, 0.2) is 18.6 Å². The minimum atomic E-state index is 0.464. The van der Waals surface area contributed by atoms with Crippen LogP contribution in [0.25, 0.3) is 0 Å². The van der Waals surface area contributed by atoms with E-state index in [1.807, 2.05) is 0 Å². The molecule has 7 nitrogen and oxygen atoms in total. The average Bonchev–Trinajstić information content (AvgIpc) is 2.91. The fourth-order valence-corrected chi connectivity index (χ4v) is 1.42. The Morgan fingerprint density at radius 1 is 1.22 bits per heavy atom. The number of aromatic nitrogens is 4. The Bertz CT molecular complexity index is 464. The normalized spacial score (nSPS) is 10.1. The summed E-state index contributed by atoms with van der Waals surface area (Å²) in [5.41, 5.74) is 1.05. The van der Waals surface area contributed by atoms with E-state index in [2.05, 4.69) is 25.3 Å². The number of nitrogens with one attached hydrogen (secondary N) is 2. The third-order valence-electron chi connectivity index (χ3n) is 2.33. The first-order chi connectivity index (χ1) is 8.81. The van der Waals surface area contributed by atoms with Crippen LogP contribution < -0.4 is 14.8 Å². The molecule has 0 unspecified atom stereocenters. The lowest BCUT2D eigenvalue weighted by molar-refractivity contribution is 0.373. The number of ether oxygens (including phenoxy) is 2. The molecule has 0 aromatic carbocycles. The highest BCUT2D eigenvalue weighted by Gasteiger charge is 2.04. The van der Waals surface area contributed by atoms with Crippen LogP contribution in [0.5, 0.6) is 11.8 Å². The second-order valence-electron chi connectivity index (χ2n) is 3.53. The van der Waals surface area contributed by atoms with Crippen LogP contribution in [-0.2, 0) is 6.42 Å². The van der Waals surface area contributed by atoms with Crippen molar-refractivity contribution in [3.8, 4) is 11.8 Å². The van der Waals surface area contributed by atoms with Gasteiger partial charge in [-0.25, -0.2) is 4.98 Å². The van der Waals surface area contributed by atoms with Gasteiger partial charge in [0.25, 0.3) is 0 Å². The highest BCUT2D eigenvalue weighted by molar-refractivity contribution is 5.33. The number of rotatable bonds is 6. The molecule has 2 aromatic rings. The molecule has 0 atom stereocenters. The predicted molar refractivity (Wildman–Crippen MR) is 65.9 cm³/mol. The van der Waals surface area contributed by atoms with Crippen LogP contribution in [0, 0.1) is 0 Å². The third kappa shape index (κ3) is 3.09. The molecule has 18 heavy (non-hydrogen) atoms. The summed E-state index contributed by atoms with van der Waals surface area (Å²) in [5, 5.41) is 3.10. The smallest absolute Gasteiger partial charge is 0.229 e. The maximum atomic E-state index is 5.06. The topological polar surface area (TPSA) is 85.0 Å². The predicted octanol–water partition coefficient (Wildman–Crippen LogP) is 0.871. The number of methoxy groups -OCH3 is 2. The lowest BCUT2D eigenvalue weighted by Gasteiger charge is -2.07. The zero-order chi connectivity index (χ0) is 12.8. The first-order valence-corrected chi connectivity index (χ1v) is 5.50. The summed E-state index contributed by atoms with van der Waals surface area (Å²) >= 11 is 0. The molecule has 0 radical (unpaired) electrons. The molecule has 2 heterocycles. The van der Waals surface area contributed by atoms with E-state index in [1.54, 1.807) is 32.8 Å². The molecular weight excluding hydrogens is 234 g/mol. The van der Waals surface area contributed by atoms with Crippen LogP contribution in [0.1, 0.15) is 5.69 Å². The van der Waals surface area contributed by atoms with Gasteiger partial charge in [0, 0.05) is 24.9 Å². The summed E-state index contributed by atoms with van der Waals surface area (Å²) in [7, 11) is 3.10. The quantitative estimate of drug-likeness (QED) is 0.790. The molecule has 96 valence electrons. The van der Waals surface area contributed by atoms with E-state index in [4.69, 9.17) is 9.47 Å². The standard InChI is InChI=1S/C11H15N5O2/c1-17-9-5-10(18-2)16-11(15-9)13-4-3-8-6-12-7-14-8/h5-7H,3-4H2,1-2H3,(H,12,14)(H,13,15,16). The second kappa shape index (κ2) is 5.85. The summed E-state index contributed by atoms with van der Waals surface area (Å²) < 4.78 is 10.1. The molecule has 0 bridgehead atoms. The fraction of sp³-hybridized carbons (Fsp3) is 0.364. The van der Waals surface area contributed by atoms with E-state index in [0.717, 1.165) is 12.1 Å². The first kappa shape index (κ1) is 12.2. The largest absolute Gasteiger partial charge is 0.481 e. The van der Waals surface area contributed by atoms with E-state index in [-0.39, 0.29) is 0 Å².